The first-order valence-corrected chi connectivity index (χ1v) is 7.35. The predicted octanol–water partition coefficient (Wildman–Crippen LogP) is 1.75. The molecule has 2 N–H and O–H groups in total. The summed E-state index contributed by atoms with van der Waals surface area (Å²) in [6.45, 7) is 2.56. The highest BCUT2D eigenvalue weighted by Gasteiger charge is 2.20. The number of hydrogen-bond donors (Lipinski definition) is 2. The van der Waals surface area contributed by atoms with Crippen LogP contribution in [0.3, 0.4) is 0 Å². The number of oxazole rings is 1. The van der Waals surface area contributed by atoms with E-state index in [0.29, 0.717) is 5.69 Å². The average Bonchev–Trinajstić information content (AvgIpc) is 2.96. The third kappa shape index (κ3) is 2.28. The average molecular weight is 279 g/mol. The molecule has 0 spiro atoms. The Morgan fingerprint density at radius 1 is 1.42 bits per heavy atom. The fourth-order valence-corrected chi connectivity index (χ4v) is 3.01. The third-order valence-corrected chi connectivity index (χ3v) is 4.26. The fourth-order valence-electron chi connectivity index (χ4n) is 2.02. The SMILES string of the molecule is Cc1coc(NS(=O)(=O)c2ccc3c(c2)CCN3)n1. The lowest BCUT2D eigenvalue weighted by molar-refractivity contribution is 0.569. The number of rotatable bonds is 3. The lowest BCUT2D eigenvalue weighted by Gasteiger charge is -2.06. The van der Waals surface area contributed by atoms with Gasteiger partial charge in [0.1, 0.15) is 6.26 Å². The second-order valence-corrected chi connectivity index (χ2v) is 6.08. The molecule has 100 valence electrons. The molecule has 2 heterocycles. The highest BCUT2D eigenvalue weighted by molar-refractivity contribution is 7.92. The molecule has 19 heavy (non-hydrogen) atoms. The van der Waals surface area contributed by atoms with E-state index >= 15 is 0 Å². The molecule has 1 aromatic heterocycles. The zero-order chi connectivity index (χ0) is 13.5. The van der Waals surface area contributed by atoms with Gasteiger partial charge < -0.3 is 9.73 Å². The van der Waals surface area contributed by atoms with Gasteiger partial charge in [-0.25, -0.2) is 13.1 Å². The second kappa shape index (κ2) is 4.27. The number of nitrogens with one attached hydrogen (secondary N) is 2. The highest BCUT2D eigenvalue weighted by atomic mass is 32.2. The van der Waals surface area contributed by atoms with Gasteiger partial charge in [-0.3, -0.25) is 0 Å². The van der Waals surface area contributed by atoms with Crippen LogP contribution in [-0.2, 0) is 16.4 Å². The topological polar surface area (TPSA) is 84.2 Å². The molecule has 1 aliphatic rings. The quantitative estimate of drug-likeness (QED) is 0.894. The molecule has 0 amide bonds. The van der Waals surface area contributed by atoms with Gasteiger partial charge in [0.15, 0.2) is 0 Å². The van der Waals surface area contributed by atoms with Gasteiger partial charge in [0.25, 0.3) is 10.0 Å². The van der Waals surface area contributed by atoms with E-state index in [0.717, 1.165) is 24.2 Å². The zero-order valence-electron chi connectivity index (χ0n) is 10.3. The van der Waals surface area contributed by atoms with Crippen LogP contribution in [0.15, 0.2) is 33.8 Å². The predicted molar refractivity (Wildman–Crippen MR) is 70.7 cm³/mol. The molecule has 0 bridgehead atoms. The molecule has 0 atom stereocenters. The van der Waals surface area contributed by atoms with E-state index in [9.17, 15) is 8.42 Å². The van der Waals surface area contributed by atoms with Crippen molar-refractivity contribution < 1.29 is 12.8 Å². The number of aromatic nitrogens is 1. The van der Waals surface area contributed by atoms with Gasteiger partial charge >= 0.3 is 6.01 Å². The molecule has 3 rings (SSSR count). The Kier molecular flexibility index (Phi) is 2.70. The molecule has 0 radical (unpaired) electrons. The van der Waals surface area contributed by atoms with Crippen LogP contribution in [0.4, 0.5) is 11.7 Å². The van der Waals surface area contributed by atoms with E-state index in [-0.39, 0.29) is 10.9 Å². The van der Waals surface area contributed by atoms with Crippen molar-refractivity contribution in [3.8, 4) is 0 Å². The van der Waals surface area contributed by atoms with Crippen molar-refractivity contribution in [1.82, 2.24) is 4.98 Å². The van der Waals surface area contributed by atoms with E-state index < -0.39 is 10.0 Å². The Bertz CT molecular complexity index is 722. The van der Waals surface area contributed by atoms with Crippen LogP contribution >= 0.6 is 0 Å². The third-order valence-electron chi connectivity index (χ3n) is 2.94. The lowest BCUT2D eigenvalue weighted by Crippen LogP contribution is -2.13. The summed E-state index contributed by atoms with van der Waals surface area (Å²) in [6, 6.07) is 5.00. The number of anilines is 2. The summed E-state index contributed by atoms with van der Waals surface area (Å²) in [7, 11) is -3.66. The van der Waals surface area contributed by atoms with E-state index in [1.165, 1.54) is 6.26 Å². The molecule has 0 fully saturated rings. The minimum atomic E-state index is -3.66. The summed E-state index contributed by atoms with van der Waals surface area (Å²) < 4.78 is 31.7. The number of benzene rings is 1. The standard InChI is InChI=1S/C12H13N3O3S/c1-8-7-18-12(14-8)15-19(16,17)10-2-3-11-9(6-10)4-5-13-11/h2-3,6-7,13H,4-5H2,1H3,(H,14,15). The molecule has 1 aromatic carbocycles. The molecule has 6 nitrogen and oxygen atoms in total. The highest BCUT2D eigenvalue weighted by Crippen LogP contribution is 2.26. The molecule has 1 aliphatic heterocycles. The van der Waals surface area contributed by atoms with Crippen molar-refractivity contribution in [2.24, 2.45) is 0 Å². The summed E-state index contributed by atoms with van der Waals surface area (Å²) in [5, 5.41) is 3.19. The van der Waals surface area contributed by atoms with Crippen molar-refractivity contribution in [3.05, 3.63) is 35.7 Å². The number of sulfonamides is 1. The maximum Gasteiger partial charge on any atom is 0.309 e. The van der Waals surface area contributed by atoms with E-state index in [4.69, 9.17) is 4.42 Å². The smallest absolute Gasteiger partial charge is 0.309 e. The van der Waals surface area contributed by atoms with E-state index in [2.05, 4.69) is 15.0 Å². The summed E-state index contributed by atoms with van der Waals surface area (Å²) in [6.07, 6.45) is 2.22. The molecular formula is C12H13N3O3S. The number of hydrogen-bond acceptors (Lipinski definition) is 5. The van der Waals surface area contributed by atoms with Crippen molar-refractivity contribution in [2.75, 3.05) is 16.6 Å². The van der Waals surface area contributed by atoms with Crippen molar-refractivity contribution in [1.29, 1.82) is 0 Å². The normalized spacial score (nSPS) is 13.9. The monoisotopic (exact) mass is 279 g/mol. The van der Waals surface area contributed by atoms with Gasteiger partial charge in [-0.1, -0.05) is 0 Å². The molecule has 2 aromatic rings. The van der Waals surface area contributed by atoms with Crippen molar-refractivity contribution in [3.63, 3.8) is 0 Å². The first-order valence-electron chi connectivity index (χ1n) is 5.86. The first kappa shape index (κ1) is 12.0. The summed E-state index contributed by atoms with van der Waals surface area (Å²) in [5.41, 5.74) is 2.62. The van der Waals surface area contributed by atoms with E-state index in [1.807, 2.05) is 0 Å². The minimum Gasteiger partial charge on any atom is -0.431 e. The van der Waals surface area contributed by atoms with Gasteiger partial charge in [0.2, 0.25) is 0 Å². The Labute approximate surface area is 110 Å². The molecule has 0 unspecified atom stereocenters. The number of nitrogens with zero attached hydrogens (tertiary/aromatic N) is 1. The Hall–Kier alpha value is -2.02. The summed E-state index contributed by atoms with van der Waals surface area (Å²) in [5.74, 6) is 0. The van der Waals surface area contributed by atoms with Crippen LogP contribution in [0.1, 0.15) is 11.3 Å². The van der Waals surface area contributed by atoms with E-state index in [1.54, 1.807) is 25.1 Å². The van der Waals surface area contributed by atoms with Crippen LogP contribution in [0, 0.1) is 6.92 Å². The van der Waals surface area contributed by atoms with Gasteiger partial charge in [0, 0.05) is 12.2 Å². The van der Waals surface area contributed by atoms with Crippen LogP contribution in [0.25, 0.3) is 0 Å². The number of fused-ring (bicyclic) bond motifs is 1. The van der Waals surface area contributed by atoms with Gasteiger partial charge in [-0.2, -0.15) is 4.98 Å². The molecular weight excluding hydrogens is 266 g/mol. The minimum absolute atomic E-state index is 0.0175. The molecule has 7 heteroatoms. The van der Waals surface area contributed by atoms with Crippen molar-refractivity contribution in [2.45, 2.75) is 18.2 Å². The molecule has 0 saturated carbocycles. The number of aryl methyl sites for hydroxylation is 1. The van der Waals surface area contributed by atoms with Gasteiger partial charge in [0.05, 0.1) is 10.6 Å². The Morgan fingerprint density at radius 2 is 2.26 bits per heavy atom. The molecule has 0 aliphatic carbocycles. The van der Waals surface area contributed by atoms with Crippen LogP contribution < -0.4 is 10.0 Å². The zero-order valence-corrected chi connectivity index (χ0v) is 11.1. The van der Waals surface area contributed by atoms with Gasteiger partial charge in [-0.05, 0) is 37.1 Å². The summed E-state index contributed by atoms with van der Waals surface area (Å²) in [4.78, 5) is 4.14. The second-order valence-electron chi connectivity index (χ2n) is 4.40. The maximum atomic E-state index is 12.2. The molecule has 0 saturated heterocycles. The largest absolute Gasteiger partial charge is 0.431 e. The Balaban J connectivity index is 1.92. The maximum absolute atomic E-state index is 12.2. The van der Waals surface area contributed by atoms with Crippen LogP contribution in [0.2, 0.25) is 0 Å². The first-order chi connectivity index (χ1) is 9.04. The Morgan fingerprint density at radius 3 is 3.00 bits per heavy atom. The lowest BCUT2D eigenvalue weighted by atomic mass is 10.2. The summed E-state index contributed by atoms with van der Waals surface area (Å²) >= 11 is 0. The van der Waals surface area contributed by atoms with Crippen LogP contribution in [-0.4, -0.2) is 19.9 Å². The fraction of sp³-hybridized carbons (Fsp3) is 0.250. The van der Waals surface area contributed by atoms with Gasteiger partial charge in [-0.15, -0.1) is 0 Å². The van der Waals surface area contributed by atoms with Crippen LogP contribution in [0.5, 0.6) is 0 Å². The van der Waals surface area contributed by atoms with Crippen molar-refractivity contribution >= 4 is 21.7 Å².